The molecule has 6 heteroatoms. The van der Waals surface area contributed by atoms with Gasteiger partial charge < -0.3 is 20.5 Å². The fourth-order valence-corrected chi connectivity index (χ4v) is 1.89. The molecule has 0 spiro atoms. The topological polar surface area (TPSA) is 70.6 Å². The lowest BCUT2D eigenvalue weighted by Crippen LogP contribution is -2.37. The number of hydrogen-bond donors (Lipinski definition) is 3. The summed E-state index contributed by atoms with van der Waals surface area (Å²) < 4.78 is 5.07. The number of rotatable bonds is 7. The second kappa shape index (κ2) is 8.66. The summed E-state index contributed by atoms with van der Waals surface area (Å²) in [4.78, 5) is 11.4. The van der Waals surface area contributed by atoms with E-state index in [1.165, 1.54) is 0 Å². The van der Waals surface area contributed by atoms with Gasteiger partial charge in [0.15, 0.2) is 0 Å². The Labute approximate surface area is 124 Å². The molecule has 2 amide bonds. The van der Waals surface area contributed by atoms with E-state index >= 15 is 0 Å². The van der Waals surface area contributed by atoms with Crippen LogP contribution in [0.25, 0.3) is 0 Å². The van der Waals surface area contributed by atoms with E-state index in [4.69, 9.17) is 21.4 Å². The van der Waals surface area contributed by atoms with Crippen molar-refractivity contribution < 1.29 is 14.6 Å². The minimum absolute atomic E-state index is 0.240. The van der Waals surface area contributed by atoms with Crippen molar-refractivity contribution in [3.63, 3.8) is 0 Å². The Morgan fingerprint density at radius 2 is 2.10 bits per heavy atom. The molecular weight excluding hydrogens is 280 g/mol. The molecule has 0 fully saturated rings. The van der Waals surface area contributed by atoms with Crippen molar-refractivity contribution in [1.82, 2.24) is 10.6 Å². The average Bonchev–Trinajstić information content (AvgIpc) is 2.40. The smallest absolute Gasteiger partial charge is 0.314 e. The summed E-state index contributed by atoms with van der Waals surface area (Å²) in [5.74, 6) is 0.711. The van der Waals surface area contributed by atoms with Crippen LogP contribution in [0, 0.1) is 0 Å². The first-order valence-corrected chi connectivity index (χ1v) is 6.93. The van der Waals surface area contributed by atoms with E-state index in [-0.39, 0.29) is 6.03 Å². The molecule has 1 atom stereocenters. The number of carbonyl (C=O) groups is 1. The molecule has 3 N–H and O–H groups in total. The molecular formula is C14H21ClN2O3. The molecule has 0 heterocycles. The van der Waals surface area contributed by atoms with Gasteiger partial charge in [0.05, 0.1) is 13.2 Å². The number of amides is 2. The molecule has 0 aliphatic carbocycles. The monoisotopic (exact) mass is 300 g/mol. The number of ether oxygens (including phenoxy) is 1. The highest BCUT2D eigenvalue weighted by Gasteiger charge is 2.04. The molecule has 1 rings (SSSR count). The number of nitrogens with one attached hydrogen (secondary N) is 2. The van der Waals surface area contributed by atoms with Gasteiger partial charge in [0.1, 0.15) is 5.75 Å². The van der Waals surface area contributed by atoms with Crippen LogP contribution in [-0.4, -0.2) is 37.4 Å². The van der Waals surface area contributed by atoms with E-state index in [1.807, 2.05) is 12.1 Å². The van der Waals surface area contributed by atoms with Crippen LogP contribution in [0.15, 0.2) is 18.2 Å². The van der Waals surface area contributed by atoms with Crippen LogP contribution in [0.4, 0.5) is 4.79 Å². The van der Waals surface area contributed by atoms with Crippen molar-refractivity contribution in [2.24, 2.45) is 0 Å². The molecule has 0 aliphatic heterocycles. The highest BCUT2D eigenvalue weighted by Crippen LogP contribution is 2.22. The van der Waals surface area contributed by atoms with E-state index in [0.717, 1.165) is 5.56 Å². The zero-order valence-electron chi connectivity index (χ0n) is 11.8. The molecule has 0 saturated heterocycles. The number of halogens is 1. The fraction of sp³-hybridized carbons (Fsp3) is 0.500. The van der Waals surface area contributed by atoms with Gasteiger partial charge in [-0.3, -0.25) is 0 Å². The molecule has 0 aromatic heterocycles. The Balaban J connectivity index is 2.28. The number of urea groups is 1. The predicted molar refractivity (Wildman–Crippen MR) is 79.4 cm³/mol. The maximum Gasteiger partial charge on any atom is 0.314 e. The SMILES string of the molecule is COc1ccc(CCNC(=O)NCCC(C)O)c(Cl)c1. The molecule has 0 bridgehead atoms. The molecule has 0 aliphatic rings. The van der Waals surface area contributed by atoms with Gasteiger partial charge in [0.2, 0.25) is 0 Å². The third kappa shape index (κ3) is 6.12. The van der Waals surface area contributed by atoms with Crippen molar-refractivity contribution in [2.45, 2.75) is 25.9 Å². The van der Waals surface area contributed by atoms with E-state index in [1.54, 1.807) is 20.1 Å². The lowest BCUT2D eigenvalue weighted by molar-refractivity contribution is 0.183. The first-order valence-electron chi connectivity index (χ1n) is 6.55. The van der Waals surface area contributed by atoms with Crippen molar-refractivity contribution >= 4 is 17.6 Å². The van der Waals surface area contributed by atoms with Crippen molar-refractivity contribution in [2.75, 3.05) is 20.2 Å². The Bertz CT molecular complexity index is 438. The van der Waals surface area contributed by atoms with Gasteiger partial charge in [-0.2, -0.15) is 0 Å². The number of aliphatic hydroxyl groups excluding tert-OH is 1. The highest BCUT2D eigenvalue weighted by molar-refractivity contribution is 6.31. The zero-order chi connectivity index (χ0) is 15.0. The Kier molecular flexibility index (Phi) is 7.18. The maximum absolute atomic E-state index is 11.4. The van der Waals surface area contributed by atoms with Crippen molar-refractivity contribution in [3.05, 3.63) is 28.8 Å². The number of carbonyl (C=O) groups excluding carboxylic acids is 1. The molecule has 5 nitrogen and oxygen atoms in total. The van der Waals surface area contributed by atoms with Crippen LogP contribution in [0.5, 0.6) is 5.75 Å². The van der Waals surface area contributed by atoms with Crippen LogP contribution < -0.4 is 15.4 Å². The normalized spacial score (nSPS) is 11.8. The number of aliphatic hydroxyl groups is 1. The minimum atomic E-state index is -0.409. The summed E-state index contributed by atoms with van der Waals surface area (Å²) in [6, 6.07) is 5.23. The molecule has 0 radical (unpaired) electrons. The number of benzene rings is 1. The van der Waals surface area contributed by atoms with Crippen molar-refractivity contribution in [1.29, 1.82) is 0 Å². The molecule has 0 saturated carbocycles. The second-order valence-electron chi connectivity index (χ2n) is 4.53. The van der Waals surface area contributed by atoms with Gasteiger partial charge in [0.25, 0.3) is 0 Å². The summed E-state index contributed by atoms with van der Waals surface area (Å²) in [6.45, 7) is 2.63. The fourth-order valence-electron chi connectivity index (χ4n) is 1.63. The summed E-state index contributed by atoms with van der Waals surface area (Å²) >= 11 is 6.11. The largest absolute Gasteiger partial charge is 0.497 e. The third-order valence-corrected chi connectivity index (χ3v) is 3.14. The molecule has 1 unspecified atom stereocenters. The Morgan fingerprint density at radius 3 is 2.70 bits per heavy atom. The second-order valence-corrected chi connectivity index (χ2v) is 4.93. The lowest BCUT2D eigenvalue weighted by Gasteiger charge is -2.10. The van der Waals surface area contributed by atoms with Crippen LogP contribution in [0.3, 0.4) is 0 Å². The van der Waals surface area contributed by atoms with Gasteiger partial charge in [-0.05, 0) is 37.5 Å². The van der Waals surface area contributed by atoms with Crippen LogP contribution in [-0.2, 0) is 6.42 Å². The Hall–Kier alpha value is -1.46. The van der Waals surface area contributed by atoms with E-state index < -0.39 is 6.10 Å². The number of hydrogen-bond acceptors (Lipinski definition) is 3. The average molecular weight is 301 g/mol. The van der Waals surface area contributed by atoms with Gasteiger partial charge in [0, 0.05) is 18.1 Å². The van der Waals surface area contributed by atoms with Crippen molar-refractivity contribution in [3.8, 4) is 5.75 Å². The first-order chi connectivity index (χ1) is 9.52. The summed E-state index contributed by atoms with van der Waals surface area (Å²) in [5.41, 5.74) is 0.955. The van der Waals surface area contributed by atoms with Crippen LogP contribution in [0.2, 0.25) is 5.02 Å². The summed E-state index contributed by atoms with van der Waals surface area (Å²) in [5, 5.41) is 15.1. The molecule has 1 aromatic rings. The third-order valence-electron chi connectivity index (χ3n) is 2.79. The molecule has 112 valence electrons. The molecule has 1 aromatic carbocycles. The van der Waals surface area contributed by atoms with Gasteiger partial charge in [-0.25, -0.2) is 4.79 Å². The summed E-state index contributed by atoms with van der Waals surface area (Å²) in [6.07, 6.45) is 0.776. The maximum atomic E-state index is 11.4. The van der Waals surface area contributed by atoms with E-state index in [2.05, 4.69) is 10.6 Å². The van der Waals surface area contributed by atoms with Crippen LogP contribution >= 0.6 is 11.6 Å². The zero-order valence-corrected chi connectivity index (χ0v) is 12.5. The van der Waals surface area contributed by atoms with E-state index in [0.29, 0.717) is 36.7 Å². The lowest BCUT2D eigenvalue weighted by atomic mass is 10.1. The van der Waals surface area contributed by atoms with E-state index in [9.17, 15) is 4.79 Å². The van der Waals surface area contributed by atoms with Gasteiger partial charge in [-0.15, -0.1) is 0 Å². The van der Waals surface area contributed by atoms with Gasteiger partial charge >= 0.3 is 6.03 Å². The highest BCUT2D eigenvalue weighted by atomic mass is 35.5. The minimum Gasteiger partial charge on any atom is -0.497 e. The standard InChI is InChI=1S/C14H21ClN2O3/c1-10(18)5-7-16-14(19)17-8-6-11-3-4-12(20-2)9-13(11)15/h3-4,9-10,18H,5-8H2,1-2H3,(H2,16,17,19). The van der Waals surface area contributed by atoms with Gasteiger partial charge in [-0.1, -0.05) is 17.7 Å². The predicted octanol–water partition coefficient (Wildman–Crippen LogP) is 1.96. The molecule has 20 heavy (non-hydrogen) atoms. The van der Waals surface area contributed by atoms with Crippen LogP contribution in [0.1, 0.15) is 18.9 Å². The summed E-state index contributed by atoms with van der Waals surface area (Å²) in [7, 11) is 1.59. The Morgan fingerprint density at radius 1 is 1.40 bits per heavy atom. The first kappa shape index (κ1) is 16.6. The quantitative estimate of drug-likeness (QED) is 0.721. The number of methoxy groups -OCH3 is 1.